The van der Waals surface area contributed by atoms with E-state index in [2.05, 4.69) is 141 Å². The molecule has 12 unspecified atom stereocenters. The number of carbonyl (C=O) groups is 1. The first kappa shape index (κ1) is 94.2. The van der Waals surface area contributed by atoms with Crippen LogP contribution in [0.1, 0.15) is 322 Å². The first-order valence-electron chi connectivity index (χ1n) is 41.4. The van der Waals surface area contributed by atoms with Crippen LogP contribution in [-0.2, 0) is 23.7 Å². The number of aliphatic hydroxyl groups is 8. The first-order valence-corrected chi connectivity index (χ1v) is 41.4. The third-order valence-corrected chi connectivity index (χ3v) is 19.3. The highest BCUT2D eigenvalue weighted by molar-refractivity contribution is 5.76. The number of rotatable bonds is 68. The summed E-state index contributed by atoms with van der Waals surface area (Å²) in [5.74, 6) is -0.258. The van der Waals surface area contributed by atoms with Crippen LogP contribution in [0, 0.1) is 0 Å². The van der Waals surface area contributed by atoms with Gasteiger partial charge in [0, 0.05) is 6.42 Å². The summed E-state index contributed by atoms with van der Waals surface area (Å²) < 4.78 is 22.9. The maximum Gasteiger partial charge on any atom is 0.220 e. The Balaban J connectivity index is 1.64. The molecule has 586 valence electrons. The molecule has 2 heterocycles. The van der Waals surface area contributed by atoms with Crippen LogP contribution in [0.5, 0.6) is 0 Å². The molecule has 14 nitrogen and oxygen atoms in total. The van der Waals surface area contributed by atoms with E-state index in [9.17, 15) is 45.6 Å². The predicted octanol–water partition coefficient (Wildman–Crippen LogP) is 19.4. The van der Waals surface area contributed by atoms with E-state index in [1.54, 1.807) is 6.08 Å². The van der Waals surface area contributed by atoms with Gasteiger partial charge in [-0.1, -0.05) is 347 Å². The largest absolute Gasteiger partial charge is 0.394 e. The van der Waals surface area contributed by atoms with Gasteiger partial charge in [-0.3, -0.25) is 4.79 Å². The number of allylic oxidation sites excluding steroid dienone is 21. The van der Waals surface area contributed by atoms with Crippen LogP contribution in [-0.4, -0.2) is 140 Å². The molecule has 0 aromatic carbocycles. The van der Waals surface area contributed by atoms with Crippen molar-refractivity contribution in [3.63, 3.8) is 0 Å². The van der Waals surface area contributed by atoms with Gasteiger partial charge in [0.25, 0.3) is 0 Å². The summed E-state index contributed by atoms with van der Waals surface area (Å²) in [4.78, 5) is 13.4. The van der Waals surface area contributed by atoms with Gasteiger partial charge >= 0.3 is 0 Å². The van der Waals surface area contributed by atoms with Crippen molar-refractivity contribution in [3.8, 4) is 0 Å². The monoisotopic (exact) mass is 1430 g/mol. The number of aliphatic hydroxyl groups excluding tert-OH is 8. The second-order valence-electron chi connectivity index (χ2n) is 28.5. The second kappa shape index (κ2) is 70.1. The minimum atomic E-state index is -1.80. The van der Waals surface area contributed by atoms with E-state index in [0.717, 1.165) is 103 Å². The Bertz CT molecular complexity index is 2230. The molecule has 2 aliphatic rings. The van der Waals surface area contributed by atoms with Gasteiger partial charge in [0.2, 0.25) is 5.91 Å². The van der Waals surface area contributed by atoms with Crippen LogP contribution in [0.4, 0.5) is 0 Å². The summed E-state index contributed by atoms with van der Waals surface area (Å²) in [6, 6.07) is -0.947. The Morgan fingerprint density at radius 1 is 0.363 bits per heavy atom. The van der Waals surface area contributed by atoms with E-state index < -0.39 is 86.8 Å². The topological polar surface area (TPSA) is 228 Å². The maximum absolute atomic E-state index is 13.4. The minimum Gasteiger partial charge on any atom is -0.394 e. The second-order valence-corrected chi connectivity index (χ2v) is 28.5. The minimum absolute atomic E-state index is 0.258. The predicted molar refractivity (Wildman–Crippen MR) is 424 cm³/mol. The zero-order valence-electron chi connectivity index (χ0n) is 64.3. The van der Waals surface area contributed by atoms with Gasteiger partial charge in [-0.15, -0.1) is 0 Å². The Hall–Kier alpha value is -3.87. The number of hydrogen-bond donors (Lipinski definition) is 9. The smallest absolute Gasteiger partial charge is 0.220 e. The molecule has 9 N–H and O–H groups in total. The van der Waals surface area contributed by atoms with Crippen molar-refractivity contribution in [2.24, 2.45) is 0 Å². The number of hydrogen-bond acceptors (Lipinski definition) is 13. The van der Waals surface area contributed by atoms with Crippen molar-refractivity contribution in [1.29, 1.82) is 0 Å². The summed E-state index contributed by atoms with van der Waals surface area (Å²) in [5.41, 5.74) is 0. The average Bonchev–Trinajstić information content (AvgIpc) is 0.790. The highest BCUT2D eigenvalue weighted by Crippen LogP contribution is 2.30. The van der Waals surface area contributed by atoms with Crippen molar-refractivity contribution >= 4 is 5.91 Å². The van der Waals surface area contributed by atoms with E-state index in [1.165, 1.54) is 186 Å². The molecular weight excluding hydrogens is 1280 g/mol. The van der Waals surface area contributed by atoms with Crippen LogP contribution < -0.4 is 5.32 Å². The van der Waals surface area contributed by atoms with E-state index in [1.807, 2.05) is 6.08 Å². The molecule has 0 spiro atoms. The fraction of sp³-hybridized carbons (Fsp3) is 0.739. The van der Waals surface area contributed by atoms with Crippen molar-refractivity contribution in [3.05, 3.63) is 134 Å². The Labute approximate surface area is 621 Å². The molecule has 0 aromatic rings. The zero-order valence-corrected chi connectivity index (χ0v) is 64.3. The molecule has 0 radical (unpaired) electrons. The molecule has 0 aliphatic carbocycles. The molecule has 2 rings (SSSR count). The lowest BCUT2D eigenvalue weighted by Gasteiger charge is -2.46. The molecule has 2 fully saturated rings. The van der Waals surface area contributed by atoms with Gasteiger partial charge in [-0.05, 0) is 103 Å². The third kappa shape index (κ3) is 52.2. The lowest BCUT2D eigenvalue weighted by molar-refractivity contribution is -0.359. The van der Waals surface area contributed by atoms with Gasteiger partial charge in [0.05, 0.1) is 32.0 Å². The summed E-state index contributed by atoms with van der Waals surface area (Å²) in [7, 11) is 0. The van der Waals surface area contributed by atoms with E-state index in [-0.39, 0.29) is 18.9 Å². The van der Waals surface area contributed by atoms with Gasteiger partial charge in [0.15, 0.2) is 12.6 Å². The fourth-order valence-electron chi connectivity index (χ4n) is 12.8. The highest BCUT2D eigenvalue weighted by Gasteiger charge is 2.51. The van der Waals surface area contributed by atoms with Crippen molar-refractivity contribution in [2.75, 3.05) is 19.8 Å². The molecule has 1 amide bonds. The van der Waals surface area contributed by atoms with Gasteiger partial charge < -0.3 is 65.1 Å². The Morgan fingerprint density at radius 2 is 0.686 bits per heavy atom. The highest BCUT2D eigenvalue weighted by atomic mass is 16.7. The standard InChI is InChI=1S/C88H151NO13/c1-3-5-7-9-11-13-15-17-19-21-23-25-27-29-31-33-35-36-37-38-39-40-42-44-46-48-50-52-54-56-58-60-62-64-66-68-70-72-80(93)89-76(75-99-87-85(98)83(96)86(79(74-91)101-87)102-88-84(97)82(95)81(94)78(73-90)100-88)77(92)71-69-67-65-63-61-59-57-55-53-51-49-47-45-43-41-34-32-30-28-26-24-22-20-18-16-14-12-10-8-6-4-2/h5,7,11,13,17,19,23,25,29,31,35-36,38-39,42,44,48,50,61,63,69,71,76-79,81-88,90-92,94-98H,3-4,6,8-10,12,14-16,18,20-22,24,26-28,30,32-34,37,40-41,43,45-47,49,51-60,62,64-68,70,72-75H2,1-2H3,(H,89,93)/b7-5-,13-11-,19-17-,25-23-,31-29-,36-35-,39-38-,44-42-,50-48-,63-61+,71-69+. The Morgan fingerprint density at radius 3 is 1.08 bits per heavy atom. The van der Waals surface area contributed by atoms with Gasteiger partial charge in [-0.25, -0.2) is 0 Å². The quantitative estimate of drug-likeness (QED) is 0.0204. The first-order chi connectivity index (χ1) is 50.1. The van der Waals surface area contributed by atoms with Crippen LogP contribution in [0.3, 0.4) is 0 Å². The normalized spacial score (nSPS) is 22.4. The number of ether oxygens (including phenoxy) is 4. The molecule has 14 heteroatoms. The fourth-order valence-corrected chi connectivity index (χ4v) is 12.8. The average molecular weight is 1430 g/mol. The summed E-state index contributed by atoms with van der Waals surface area (Å²) in [6.07, 6.45) is 88.2. The van der Waals surface area contributed by atoms with Crippen LogP contribution >= 0.6 is 0 Å². The van der Waals surface area contributed by atoms with Crippen molar-refractivity contribution < 1.29 is 64.6 Å². The zero-order chi connectivity index (χ0) is 73.7. The lowest BCUT2D eigenvalue weighted by Crippen LogP contribution is -2.65. The van der Waals surface area contributed by atoms with Crippen molar-refractivity contribution in [2.45, 2.75) is 396 Å². The van der Waals surface area contributed by atoms with Crippen LogP contribution in [0.25, 0.3) is 0 Å². The van der Waals surface area contributed by atoms with Gasteiger partial charge in [0.1, 0.15) is 48.8 Å². The molecule has 12 atom stereocenters. The number of amides is 1. The lowest BCUT2D eigenvalue weighted by atomic mass is 9.97. The Kier molecular flexibility index (Phi) is 64.8. The SMILES string of the molecule is CC/C=C\C/C=C\C/C=C\C/C=C\C/C=C\C/C=C\C/C=C\C/C=C\C/C=C\CCCCCCCCCCCC(=O)NC(COC1OC(CO)C(OC2OC(CO)C(O)C(O)C2O)C(O)C1O)C(O)/C=C/CC/C=C/CCCCCCCCCCCCCCCCCCCCCCCCCCC. The third-order valence-electron chi connectivity index (χ3n) is 19.3. The number of carbonyl (C=O) groups excluding carboxylic acids is 1. The van der Waals surface area contributed by atoms with Crippen LogP contribution in [0.15, 0.2) is 134 Å². The van der Waals surface area contributed by atoms with E-state index in [0.29, 0.717) is 12.8 Å². The molecule has 2 aliphatic heterocycles. The molecule has 0 bridgehead atoms. The summed E-state index contributed by atoms with van der Waals surface area (Å²) >= 11 is 0. The van der Waals surface area contributed by atoms with Gasteiger partial charge in [-0.2, -0.15) is 0 Å². The number of unbranched alkanes of at least 4 members (excludes halogenated alkanes) is 35. The molecule has 0 saturated carbocycles. The summed E-state index contributed by atoms with van der Waals surface area (Å²) in [5, 5.41) is 87.7. The summed E-state index contributed by atoms with van der Waals surface area (Å²) in [6.45, 7) is 2.69. The molecular formula is C88H151NO13. The van der Waals surface area contributed by atoms with E-state index in [4.69, 9.17) is 18.9 Å². The van der Waals surface area contributed by atoms with Crippen molar-refractivity contribution in [1.82, 2.24) is 5.32 Å². The molecule has 2 saturated heterocycles. The molecule has 0 aromatic heterocycles. The molecule has 102 heavy (non-hydrogen) atoms. The van der Waals surface area contributed by atoms with E-state index >= 15 is 0 Å². The maximum atomic E-state index is 13.4. The van der Waals surface area contributed by atoms with Crippen LogP contribution in [0.2, 0.25) is 0 Å². The number of nitrogens with one attached hydrogen (secondary N) is 1.